The van der Waals surface area contributed by atoms with Crippen molar-refractivity contribution in [2.45, 2.75) is 26.1 Å². The second-order valence-electron chi connectivity index (χ2n) is 5.88. The van der Waals surface area contributed by atoms with E-state index < -0.39 is 6.23 Å². The molecule has 0 saturated carbocycles. The molecule has 1 aromatic carbocycles. The number of rotatable bonds is 3. The summed E-state index contributed by atoms with van der Waals surface area (Å²) in [5.41, 5.74) is 2.56. The fourth-order valence-electron chi connectivity index (χ4n) is 2.45. The van der Waals surface area contributed by atoms with Gasteiger partial charge < -0.3 is 15.3 Å². The largest absolute Gasteiger partial charge is 0.370 e. The first-order valence-corrected chi connectivity index (χ1v) is 7.82. The van der Waals surface area contributed by atoms with E-state index >= 15 is 0 Å². The lowest BCUT2D eigenvalue weighted by Gasteiger charge is -2.28. The van der Waals surface area contributed by atoms with Gasteiger partial charge in [-0.3, -0.25) is 0 Å². The maximum absolute atomic E-state index is 12.0. The number of aliphatic hydroxyl groups excluding tert-OH is 1. The molecule has 0 bridgehead atoms. The van der Waals surface area contributed by atoms with E-state index in [1.54, 1.807) is 23.4 Å². The Morgan fingerprint density at radius 2 is 2.04 bits per heavy atom. The number of aromatic nitrogens is 2. The standard InChI is InChI=1S/C18H20N4O2/c1-13(2)20-18(24)22-12-15(10-19-22)14-8-9-17(23)21(11-14)16-6-4-3-5-7-16/h3-13,17,23H,1-2H3,(H,20,24). The Bertz CT molecular complexity index is 777. The fourth-order valence-corrected chi connectivity index (χ4v) is 2.45. The van der Waals surface area contributed by atoms with Crippen molar-refractivity contribution in [2.75, 3.05) is 4.90 Å². The molecule has 1 aliphatic heterocycles. The van der Waals surface area contributed by atoms with Crippen LogP contribution in [0.5, 0.6) is 0 Å². The van der Waals surface area contributed by atoms with Crippen molar-refractivity contribution in [3.05, 3.63) is 66.6 Å². The number of anilines is 1. The van der Waals surface area contributed by atoms with E-state index in [2.05, 4.69) is 10.4 Å². The van der Waals surface area contributed by atoms with E-state index in [0.717, 1.165) is 16.8 Å². The van der Waals surface area contributed by atoms with Gasteiger partial charge in [0, 0.05) is 35.3 Å². The third kappa shape index (κ3) is 3.38. The highest BCUT2D eigenvalue weighted by atomic mass is 16.3. The first kappa shape index (κ1) is 16.0. The number of hydrogen-bond acceptors (Lipinski definition) is 4. The maximum atomic E-state index is 12.0. The Morgan fingerprint density at radius 1 is 1.29 bits per heavy atom. The molecule has 0 fully saturated rings. The molecule has 24 heavy (non-hydrogen) atoms. The summed E-state index contributed by atoms with van der Waals surface area (Å²) in [4.78, 5) is 13.8. The molecular formula is C18H20N4O2. The van der Waals surface area contributed by atoms with Gasteiger partial charge in [-0.1, -0.05) is 24.3 Å². The topological polar surface area (TPSA) is 70.4 Å². The number of allylic oxidation sites excluding steroid dienone is 2. The van der Waals surface area contributed by atoms with Crippen molar-refractivity contribution >= 4 is 17.3 Å². The summed E-state index contributed by atoms with van der Waals surface area (Å²) < 4.78 is 1.28. The zero-order valence-corrected chi connectivity index (χ0v) is 13.6. The minimum atomic E-state index is -0.726. The Labute approximate surface area is 140 Å². The Kier molecular flexibility index (Phi) is 4.48. The lowest BCUT2D eigenvalue weighted by molar-refractivity contribution is 0.227. The van der Waals surface area contributed by atoms with E-state index in [0.29, 0.717) is 0 Å². The minimum absolute atomic E-state index is 0.0441. The third-order valence-corrected chi connectivity index (χ3v) is 3.60. The lowest BCUT2D eigenvalue weighted by Crippen LogP contribution is -2.34. The minimum Gasteiger partial charge on any atom is -0.370 e. The molecule has 1 aliphatic rings. The number of para-hydroxylation sites is 1. The predicted molar refractivity (Wildman–Crippen MR) is 93.3 cm³/mol. The average Bonchev–Trinajstić information content (AvgIpc) is 3.06. The van der Waals surface area contributed by atoms with Crippen LogP contribution < -0.4 is 10.2 Å². The summed E-state index contributed by atoms with van der Waals surface area (Å²) >= 11 is 0. The van der Waals surface area contributed by atoms with E-state index in [1.165, 1.54) is 4.68 Å². The SMILES string of the molecule is CC(C)NC(=O)n1cc(C2=CN(c3ccccc3)C(O)C=C2)cn1. The molecular weight excluding hydrogens is 304 g/mol. The van der Waals surface area contributed by atoms with E-state index in [9.17, 15) is 9.90 Å². The molecule has 2 aromatic rings. The Balaban J connectivity index is 1.85. The molecule has 0 radical (unpaired) electrons. The molecule has 1 atom stereocenters. The number of amides is 1. The molecule has 0 saturated heterocycles. The van der Waals surface area contributed by atoms with Crippen LogP contribution >= 0.6 is 0 Å². The van der Waals surface area contributed by atoms with Crippen LogP contribution in [0.1, 0.15) is 19.4 Å². The van der Waals surface area contributed by atoms with Crippen molar-refractivity contribution in [1.82, 2.24) is 15.1 Å². The summed E-state index contributed by atoms with van der Waals surface area (Å²) in [7, 11) is 0. The van der Waals surface area contributed by atoms with Crippen LogP contribution in [-0.4, -0.2) is 33.2 Å². The molecule has 0 aliphatic carbocycles. The van der Waals surface area contributed by atoms with Gasteiger partial charge in [0.25, 0.3) is 0 Å². The fraction of sp³-hybridized carbons (Fsp3) is 0.222. The highest BCUT2D eigenvalue weighted by molar-refractivity contribution is 5.81. The molecule has 2 heterocycles. The smallest absolute Gasteiger partial charge is 0.342 e. The number of carbonyl (C=O) groups is 1. The van der Waals surface area contributed by atoms with Gasteiger partial charge >= 0.3 is 6.03 Å². The number of benzene rings is 1. The van der Waals surface area contributed by atoms with E-state index in [1.807, 2.05) is 56.5 Å². The number of hydrogen-bond donors (Lipinski definition) is 2. The van der Waals surface area contributed by atoms with Crippen LogP contribution in [0.3, 0.4) is 0 Å². The second-order valence-corrected chi connectivity index (χ2v) is 5.88. The van der Waals surface area contributed by atoms with Crippen LogP contribution in [0.25, 0.3) is 5.57 Å². The van der Waals surface area contributed by atoms with Gasteiger partial charge in [-0.05, 0) is 32.1 Å². The molecule has 1 aromatic heterocycles. The quantitative estimate of drug-likeness (QED) is 0.910. The molecule has 3 rings (SSSR count). The highest BCUT2D eigenvalue weighted by Crippen LogP contribution is 2.26. The van der Waals surface area contributed by atoms with Gasteiger partial charge in [0.05, 0.1) is 6.20 Å². The summed E-state index contributed by atoms with van der Waals surface area (Å²) in [5.74, 6) is 0. The third-order valence-electron chi connectivity index (χ3n) is 3.60. The van der Waals surface area contributed by atoms with Crippen LogP contribution in [0.15, 0.2) is 61.1 Å². The van der Waals surface area contributed by atoms with Crippen molar-refractivity contribution in [3.8, 4) is 0 Å². The molecule has 1 unspecified atom stereocenters. The molecule has 2 N–H and O–H groups in total. The van der Waals surface area contributed by atoms with Gasteiger partial charge in [0.2, 0.25) is 0 Å². The van der Waals surface area contributed by atoms with Crippen molar-refractivity contribution < 1.29 is 9.90 Å². The number of nitrogens with one attached hydrogen (secondary N) is 1. The van der Waals surface area contributed by atoms with Gasteiger partial charge in [0.1, 0.15) is 6.23 Å². The van der Waals surface area contributed by atoms with Gasteiger partial charge in [-0.15, -0.1) is 0 Å². The first-order valence-electron chi connectivity index (χ1n) is 7.82. The number of aliphatic hydroxyl groups is 1. The Hall–Kier alpha value is -2.86. The predicted octanol–water partition coefficient (Wildman–Crippen LogP) is 2.58. The monoisotopic (exact) mass is 324 g/mol. The zero-order chi connectivity index (χ0) is 17.1. The molecule has 0 spiro atoms. The van der Waals surface area contributed by atoms with Crippen molar-refractivity contribution in [2.24, 2.45) is 0 Å². The first-order chi connectivity index (χ1) is 11.5. The van der Waals surface area contributed by atoms with Gasteiger partial charge in [0.15, 0.2) is 0 Å². The average molecular weight is 324 g/mol. The molecule has 124 valence electrons. The Morgan fingerprint density at radius 3 is 2.75 bits per heavy atom. The summed E-state index contributed by atoms with van der Waals surface area (Å²) in [6, 6.07) is 9.40. The van der Waals surface area contributed by atoms with Crippen LogP contribution in [-0.2, 0) is 0 Å². The van der Waals surface area contributed by atoms with Crippen molar-refractivity contribution in [3.63, 3.8) is 0 Å². The second kappa shape index (κ2) is 6.72. The van der Waals surface area contributed by atoms with Gasteiger partial charge in [-0.25, -0.2) is 4.79 Å². The van der Waals surface area contributed by atoms with Gasteiger partial charge in [-0.2, -0.15) is 9.78 Å². The summed E-state index contributed by atoms with van der Waals surface area (Å²) in [6.07, 6.45) is 7.96. The number of nitrogens with zero attached hydrogens (tertiary/aromatic N) is 3. The van der Waals surface area contributed by atoms with Crippen molar-refractivity contribution in [1.29, 1.82) is 0 Å². The maximum Gasteiger partial charge on any atom is 0.342 e. The number of carbonyl (C=O) groups excluding carboxylic acids is 1. The van der Waals surface area contributed by atoms with E-state index in [-0.39, 0.29) is 12.1 Å². The molecule has 6 heteroatoms. The highest BCUT2D eigenvalue weighted by Gasteiger charge is 2.18. The van der Waals surface area contributed by atoms with Crippen LogP contribution in [0.4, 0.5) is 10.5 Å². The van der Waals surface area contributed by atoms with Crippen LogP contribution in [0.2, 0.25) is 0 Å². The normalized spacial score (nSPS) is 17.1. The summed E-state index contributed by atoms with van der Waals surface area (Å²) in [5, 5.41) is 17.1. The molecule has 1 amide bonds. The van der Waals surface area contributed by atoms with E-state index in [4.69, 9.17) is 0 Å². The van der Waals surface area contributed by atoms with Crippen LogP contribution in [0, 0.1) is 0 Å². The lowest BCUT2D eigenvalue weighted by atomic mass is 10.1. The zero-order valence-electron chi connectivity index (χ0n) is 13.6. The summed E-state index contributed by atoms with van der Waals surface area (Å²) in [6.45, 7) is 3.79. The molecule has 6 nitrogen and oxygen atoms in total.